The van der Waals surface area contributed by atoms with Crippen molar-refractivity contribution in [3.63, 3.8) is 0 Å². The fraction of sp³-hybridized carbons (Fsp3) is 0.0909. The molecule has 82 valence electrons. The molecule has 0 bridgehead atoms. The third-order valence-corrected chi connectivity index (χ3v) is 2.62. The summed E-state index contributed by atoms with van der Waals surface area (Å²) in [7, 11) is 0. The van der Waals surface area contributed by atoms with E-state index in [1.54, 1.807) is 19.1 Å². The highest BCUT2D eigenvalue weighted by atomic mass is 35.5. The number of aromatic nitrogens is 2. The Morgan fingerprint density at radius 2 is 2.00 bits per heavy atom. The monoisotopic (exact) mass is 256 g/mol. The zero-order valence-electron chi connectivity index (χ0n) is 8.34. The van der Waals surface area contributed by atoms with Crippen LogP contribution in [0.1, 0.15) is 5.56 Å². The van der Waals surface area contributed by atoms with Gasteiger partial charge in [-0.2, -0.15) is 0 Å². The topological polar surface area (TPSA) is 25.8 Å². The smallest absolute Gasteiger partial charge is 0.222 e. The number of hydrogen-bond donors (Lipinski definition) is 0. The summed E-state index contributed by atoms with van der Waals surface area (Å²) in [5.41, 5.74) is 1.58. The van der Waals surface area contributed by atoms with E-state index in [1.807, 2.05) is 0 Å². The molecule has 2 aromatic rings. The van der Waals surface area contributed by atoms with Gasteiger partial charge in [0.25, 0.3) is 0 Å². The van der Waals surface area contributed by atoms with Crippen LogP contribution in [0.4, 0.5) is 4.39 Å². The maximum Gasteiger partial charge on any atom is 0.222 e. The third-order valence-electron chi connectivity index (χ3n) is 2.16. The normalized spacial score (nSPS) is 10.5. The molecule has 16 heavy (non-hydrogen) atoms. The number of rotatable bonds is 1. The molecule has 0 N–H and O–H groups in total. The van der Waals surface area contributed by atoms with Crippen LogP contribution in [0.2, 0.25) is 10.3 Å². The molecule has 0 aliphatic carbocycles. The predicted octanol–water partition coefficient (Wildman–Crippen LogP) is 3.90. The van der Waals surface area contributed by atoms with Crippen molar-refractivity contribution in [1.82, 2.24) is 9.97 Å². The summed E-state index contributed by atoms with van der Waals surface area (Å²) < 4.78 is 13.4. The molecular weight excluding hydrogens is 250 g/mol. The Balaban J connectivity index is 2.58. The first-order valence-corrected chi connectivity index (χ1v) is 5.28. The maximum atomic E-state index is 13.4. The number of hydrogen-bond acceptors (Lipinski definition) is 2. The lowest BCUT2D eigenvalue weighted by Crippen LogP contribution is -1.90. The Morgan fingerprint density at radius 3 is 2.69 bits per heavy atom. The van der Waals surface area contributed by atoms with Crippen LogP contribution in [-0.4, -0.2) is 9.97 Å². The average Bonchev–Trinajstić information content (AvgIpc) is 2.26. The van der Waals surface area contributed by atoms with E-state index in [4.69, 9.17) is 23.2 Å². The van der Waals surface area contributed by atoms with Crippen molar-refractivity contribution in [2.45, 2.75) is 6.92 Å². The molecule has 2 rings (SSSR count). The average molecular weight is 257 g/mol. The first-order chi connectivity index (χ1) is 7.58. The molecule has 0 aliphatic rings. The number of nitrogens with zero attached hydrogens (tertiary/aromatic N) is 2. The van der Waals surface area contributed by atoms with E-state index in [0.717, 1.165) is 0 Å². The predicted molar refractivity (Wildman–Crippen MR) is 62.2 cm³/mol. The Kier molecular flexibility index (Phi) is 3.08. The SMILES string of the molecule is Cc1ccc(-c2nc(Cl)ncc2Cl)cc1F. The molecule has 0 unspecified atom stereocenters. The van der Waals surface area contributed by atoms with Crippen LogP contribution in [0.3, 0.4) is 0 Å². The largest absolute Gasteiger partial charge is 0.225 e. The van der Waals surface area contributed by atoms with Gasteiger partial charge >= 0.3 is 0 Å². The maximum absolute atomic E-state index is 13.4. The van der Waals surface area contributed by atoms with Crippen molar-refractivity contribution in [2.75, 3.05) is 0 Å². The molecule has 0 saturated heterocycles. The first-order valence-electron chi connectivity index (χ1n) is 4.52. The highest BCUT2D eigenvalue weighted by molar-refractivity contribution is 6.33. The van der Waals surface area contributed by atoms with E-state index in [0.29, 0.717) is 21.8 Å². The van der Waals surface area contributed by atoms with Crippen LogP contribution in [0, 0.1) is 12.7 Å². The van der Waals surface area contributed by atoms with Gasteiger partial charge < -0.3 is 0 Å². The van der Waals surface area contributed by atoms with Crippen LogP contribution in [0.5, 0.6) is 0 Å². The van der Waals surface area contributed by atoms with Gasteiger partial charge in [0, 0.05) is 5.56 Å². The van der Waals surface area contributed by atoms with Crippen molar-refractivity contribution in [1.29, 1.82) is 0 Å². The van der Waals surface area contributed by atoms with Crippen LogP contribution in [0.25, 0.3) is 11.3 Å². The first kappa shape index (κ1) is 11.3. The van der Waals surface area contributed by atoms with Crippen molar-refractivity contribution in [2.24, 2.45) is 0 Å². The van der Waals surface area contributed by atoms with Crippen molar-refractivity contribution in [3.8, 4) is 11.3 Å². The Hall–Kier alpha value is -1.19. The van der Waals surface area contributed by atoms with Crippen LogP contribution in [0.15, 0.2) is 24.4 Å². The van der Waals surface area contributed by atoms with E-state index < -0.39 is 0 Å². The van der Waals surface area contributed by atoms with Gasteiger partial charge in [-0.1, -0.05) is 23.7 Å². The second-order valence-electron chi connectivity index (χ2n) is 3.30. The summed E-state index contributed by atoms with van der Waals surface area (Å²) in [6, 6.07) is 4.78. The van der Waals surface area contributed by atoms with E-state index >= 15 is 0 Å². The fourth-order valence-electron chi connectivity index (χ4n) is 1.29. The summed E-state index contributed by atoms with van der Waals surface area (Å²) in [6.07, 6.45) is 1.39. The summed E-state index contributed by atoms with van der Waals surface area (Å²) in [4.78, 5) is 7.70. The second-order valence-corrected chi connectivity index (χ2v) is 4.04. The third kappa shape index (κ3) is 2.15. The molecule has 0 aliphatic heterocycles. The quantitative estimate of drug-likeness (QED) is 0.724. The molecule has 1 aromatic heterocycles. The molecule has 5 heteroatoms. The van der Waals surface area contributed by atoms with Gasteiger partial charge in [0.1, 0.15) is 5.82 Å². The minimum absolute atomic E-state index is 0.0837. The highest BCUT2D eigenvalue weighted by Crippen LogP contribution is 2.27. The zero-order valence-corrected chi connectivity index (χ0v) is 9.85. The summed E-state index contributed by atoms with van der Waals surface area (Å²) >= 11 is 11.6. The number of halogens is 3. The van der Waals surface area contributed by atoms with Gasteiger partial charge in [-0.15, -0.1) is 0 Å². The van der Waals surface area contributed by atoms with Crippen LogP contribution < -0.4 is 0 Å². The lowest BCUT2D eigenvalue weighted by Gasteiger charge is -2.04. The Labute approximate surface area is 102 Å². The molecule has 0 atom stereocenters. The van der Waals surface area contributed by atoms with E-state index in [-0.39, 0.29) is 11.1 Å². The van der Waals surface area contributed by atoms with Gasteiger partial charge in [0.15, 0.2) is 0 Å². The van der Waals surface area contributed by atoms with Gasteiger partial charge in [-0.3, -0.25) is 0 Å². The molecule has 1 aromatic carbocycles. The minimum Gasteiger partial charge on any atom is -0.225 e. The van der Waals surface area contributed by atoms with Crippen molar-refractivity contribution in [3.05, 3.63) is 46.1 Å². The molecule has 0 spiro atoms. The molecule has 1 heterocycles. The summed E-state index contributed by atoms with van der Waals surface area (Å²) in [5.74, 6) is -0.302. The lowest BCUT2D eigenvalue weighted by molar-refractivity contribution is 0.619. The van der Waals surface area contributed by atoms with Gasteiger partial charge in [-0.05, 0) is 30.2 Å². The molecule has 2 nitrogen and oxygen atoms in total. The van der Waals surface area contributed by atoms with Crippen LogP contribution >= 0.6 is 23.2 Å². The van der Waals surface area contributed by atoms with Gasteiger partial charge in [0.2, 0.25) is 5.28 Å². The second kappa shape index (κ2) is 4.36. The van der Waals surface area contributed by atoms with E-state index in [2.05, 4.69) is 9.97 Å². The van der Waals surface area contributed by atoms with Gasteiger partial charge in [0.05, 0.1) is 16.9 Å². The van der Waals surface area contributed by atoms with Crippen molar-refractivity contribution >= 4 is 23.2 Å². The lowest BCUT2D eigenvalue weighted by atomic mass is 10.1. The Bertz CT molecular complexity index is 544. The number of benzene rings is 1. The molecule has 0 fully saturated rings. The minimum atomic E-state index is -0.302. The van der Waals surface area contributed by atoms with Crippen LogP contribution in [-0.2, 0) is 0 Å². The van der Waals surface area contributed by atoms with Gasteiger partial charge in [-0.25, -0.2) is 14.4 Å². The summed E-state index contributed by atoms with van der Waals surface area (Å²) in [5, 5.41) is 0.424. The zero-order chi connectivity index (χ0) is 11.7. The van der Waals surface area contributed by atoms with Crippen molar-refractivity contribution < 1.29 is 4.39 Å². The number of aryl methyl sites for hydroxylation is 1. The van der Waals surface area contributed by atoms with E-state index in [9.17, 15) is 4.39 Å². The highest BCUT2D eigenvalue weighted by Gasteiger charge is 2.08. The molecular formula is C11H7Cl2FN2. The van der Waals surface area contributed by atoms with E-state index in [1.165, 1.54) is 12.3 Å². The Morgan fingerprint density at radius 1 is 1.25 bits per heavy atom. The molecule has 0 amide bonds. The fourth-order valence-corrected chi connectivity index (χ4v) is 1.62. The standard InChI is InChI=1S/C11H7Cl2FN2/c1-6-2-3-7(4-9(6)14)10-8(12)5-15-11(13)16-10/h2-5H,1H3. The molecule has 0 saturated carbocycles. The molecule has 0 radical (unpaired) electrons. The summed E-state index contributed by atoms with van der Waals surface area (Å²) in [6.45, 7) is 1.69.